The van der Waals surface area contributed by atoms with Crippen LogP contribution in [0.4, 0.5) is 0 Å². The van der Waals surface area contributed by atoms with Crippen LogP contribution in [0.2, 0.25) is 5.02 Å². The molecule has 1 aliphatic carbocycles. The summed E-state index contributed by atoms with van der Waals surface area (Å²) >= 11 is 9.40. The van der Waals surface area contributed by atoms with Gasteiger partial charge in [0.15, 0.2) is 0 Å². The van der Waals surface area contributed by atoms with E-state index in [1.807, 2.05) is 35.1 Å². The maximum Gasteiger partial charge on any atom is 0.0766 e. The summed E-state index contributed by atoms with van der Waals surface area (Å²) in [5.74, 6) is 0. The molecule has 18 heavy (non-hydrogen) atoms. The molecule has 1 aliphatic rings. The topological polar surface area (TPSA) is 29.9 Å². The van der Waals surface area contributed by atoms with E-state index in [0.717, 1.165) is 22.4 Å². The normalized spacial score (nSPS) is 15.0. The van der Waals surface area contributed by atoms with E-state index in [0.29, 0.717) is 11.1 Å². The quantitative estimate of drug-likeness (QED) is 0.931. The maximum atomic E-state index is 5.98. The number of rotatable bonds is 4. The fourth-order valence-corrected chi connectivity index (χ4v) is 2.25. The van der Waals surface area contributed by atoms with E-state index in [4.69, 9.17) is 11.6 Å². The standard InChI is InChI=1S/C13H13BrClN3/c14-12-7-11(3-4-13(12)15)18-6-5-10(17-18)8-16-9-1-2-9/h3-7,9,16H,1-2,8H2. The average Bonchev–Trinajstić information content (AvgIpc) is 3.08. The molecule has 5 heteroatoms. The molecule has 0 amide bonds. The lowest BCUT2D eigenvalue weighted by Crippen LogP contribution is -2.15. The van der Waals surface area contributed by atoms with Gasteiger partial charge in [0.1, 0.15) is 0 Å². The van der Waals surface area contributed by atoms with E-state index in [9.17, 15) is 0 Å². The molecule has 94 valence electrons. The first-order chi connectivity index (χ1) is 8.72. The summed E-state index contributed by atoms with van der Waals surface area (Å²) in [6.45, 7) is 0.840. The smallest absolute Gasteiger partial charge is 0.0766 e. The summed E-state index contributed by atoms with van der Waals surface area (Å²) < 4.78 is 2.75. The molecular formula is C13H13BrClN3. The minimum atomic E-state index is 0.708. The highest BCUT2D eigenvalue weighted by molar-refractivity contribution is 9.10. The Labute approximate surface area is 119 Å². The van der Waals surface area contributed by atoms with Crippen molar-refractivity contribution in [2.75, 3.05) is 0 Å². The zero-order valence-corrected chi connectivity index (χ0v) is 12.1. The van der Waals surface area contributed by atoms with E-state index >= 15 is 0 Å². The zero-order chi connectivity index (χ0) is 12.5. The van der Waals surface area contributed by atoms with Gasteiger partial charge < -0.3 is 5.32 Å². The molecule has 1 aromatic carbocycles. The molecule has 0 unspecified atom stereocenters. The fourth-order valence-electron chi connectivity index (χ4n) is 1.76. The molecule has 0 spiro atoms. The van der Waals surface area contributed by atoms with Gasteiger partial charge in [0, 0.05) is 23.3 Å². The van der Waals surface area contributed by atoms with Gasteiger partial charge in [-0.1, -0.05) is 11.6 Å². The van der Waals surface area contributed by atoms with Gasteiger partial charge in [-0.15, -0.1) is 0 Å². The minimum Gasteiger partial charge on any atom is -0.308 e. The van der Waals surface area contributed by atoms with Crippen LogP contribution in [0.5, 0.6) is 0 Å². The van der Waals surface area contributed by atoms with E-state index in [2.05, 4.69) is 26.3 Å². The highest BCUT2D eigenvalue weighted by atomic mass is 79.9. The summed E-state index contributed by atoms with van der Waals surface area (Å²) in [6.07, 6.45) is 4.56. The van der Waals surface area contributed by atoms with Gasteiger partial charge in [-0.25, -0.2) is 4.68 Å². The molecular weight excluding hydrogens is 314 g/mol. The number of benzene rings is 1. The van der Waals surface area contributed by atoms with E-state index in [1.54, 1.807) is 0 Å². The first kappa shape index (κ1) is 12.2. The Balaban J connectivity index is 1.76. The molecule has 1 N–H and O–H groups in total. The summed E-state index contributed by atoms with van der Waals surface area (Å²) in [4.78, 5) is 0. The third-order valence-electron chi connectivity index (χ3n) is 2.96. The number of aromatic nitrogens is 2. The predicted octanol–water partition coefficient (Wildman–Crippen LogP) is 3.54. The van der Waals surface area contributed by atoms with Crippen molar-refractivity contribution in [2.45, 2.75) is 25.4 Å². The van der Waals surface area contributed by atoms with Crippen LogP contribution in [0.25, 0.3) is 5.69 Å². The van der Waals surface area contributed by atoms with Crippen molar-refractivity contribution in [1.29, 1.82) is 0 Å². The SMILES string of the molecule is Clc1ccc(-n2ccc(CNC3CC3)n2)cc1Br. The number of hydrogen-bond donors (Lipinski definition) is 1. The van der Waals surface area contributed by atoms with Crippen molar-refractivity contribution in [2.24, 2.45) is 0 Å². The van der Waals surface area contributed by atoms with Gasteiger partial charge in [0.2, 0.25) is 0 Å². The minimum absolute atomic E-state index is 0.708. The van der Waals surface area contributed by atoms with Crippen LogP contribution in [0.15, 0.2) is 34.9 Å². The molecule has 2 aromatic rings. The van der Waals surface area contributed by atoms with Crippen LogP contribution in [0.3, 0.4) is 0 Å². The van der Waals surface area contributed by atoms with E-state index in [1.165, 1.54) is 12.8 Å². The molecule has 0 aliphatic heterocycles. The summed E-state index contributed by atoms with van der Waals surface area (Å²) in [7, 11) is 0. The van der Waals surface area contributed by atoms with Crippen molar-refractivity contribution in [3.63, 3.8) is 0 Å². The number of nitrogens with one attached hydrogen (secondary N) is 1. The van der Waals surface area contributed by atoms with Crippen molar-refractivity contribution < 1.29 is 0 Å². The monoisotopic (exact) mass is 325 g/mol. The zero-order valence-electron chi connectivity index (χ0n) is 9.74. The molecule has 0 bridgehead atoms. The maximum absolute atomic E-state index is 5.98. The predicted molar refractivity (Wildman–Crippen MR) is 76.1 cm³/mol. The second-order valence-corrected chi connectivity index (χ2v) is 5.77. The Bertz CT molecular complexity index is 563. The Morgan fingerprint density at radius 2 is 2.22 bits per heavy atom. The molecule has 0 radical (unpaired) electrons. The van der Waals surface area contributed by atoms with Crippen molar-refractivity contribution >= 4 is 27.5 Å². The average molecular weight is 327 g/mol. The molecule has 0 atom stereocenters. The molecule has 3 rings (SSSR count). The summed E-state index contributed by atoms with van der Waals surface area (Å²) in [6, 6.07) is 8.54. The molecule has 1 heterocycles. The number of hydrogen-bond acceptors (Lipinski definition) is 2. The summed E-state index contributed by atoms with van der Waals surface area (Å²) in [5.41, 5.74) is 2.07. The lowest BCUT2D eigenvalue weighted by Gasteiger charge is -2.03. The highest BCUT2D eigenvalue weighted by Gasteiger charge is 2.20. The molecule has 3 nitrogen and oxygen atoms in total. The fraction of sp³-hybridized carbons (Fsp3) is 0.308. The second-order valence-electron chi connectivity index (χ2n) is 4.51. The van der Waals surface area contributed by atoms with Crippen LogP contribution in [0, 0.1) is 0 Å². The van der Waals surface area contributed by atoms with Gasteiger partial charge in [-0.3, -0.25) is 0 Å². The van der Waals surface area contributed by atoms with E-state index in [-0.39, 0.29) is 0 Å². The molecule has 0 saturated heterocycles. The van der Waals surface area contributed by atoms with Crippen LogP contribution >= 0.6 is 27.5 Å². The van der Waals surface area contributed by atoms with Crippen molar-refractivity contribution in [3.8, 4) is 5.69 Å². The largest absolute Gasteiger partial charge is 0.308 e. The van der Waals surface area contributed by atoms with Gasteiger partial charge in [-0.2, -0.15) is 5.10 Å². The second kappa shape index (κ2) is 5.03. The first-order valence-electron chi connectivity index (χ1n) is 5.96. The van der Waals surface area contributed by atoms with Gasteiger partial charge >= 0.3 is 0 Å². The first-order valence-corrected chi connectivity index (χ1v) is 7.13. The molecule has 1 fully saturated rings. The Hall–Kier alpha value is -0.840. The lowest BCUT2D eigenvalue weighted by atomic mass is 10.3. The number of nitrogens with zero attached hydrogens (tertiary/aromatic N) is 2. The third-order valence-corrected chi connectivity index (χ3v) is 4.18. The lowest BCUT2D eigenvalue weighted by molar-refractivity contribution is 0.665. The Kier molecular flexibility index (Phi) is 3.41. The van der Waals surface area contributed by atoms with Crippen molar-refractivity contribution in [1.82, 2.24) is 15.1 Å². The summed E-state index contributed by atoms with van der Waals surface area (Å²) in [5, 5.41) is 8.70. The van der Waals surface area contributed by atoms with Crippen molar-refractivity contribution in [3.05, 3.63) is 45.7 Å². The molecule has 1 aromatic heterocycles. The number of halogens is 2. The van der Waals surface area contributed by atoms with Crippen LogP contribution in [-0.2, 0) is 6.54 Å². The van der Waals surface area contributed by atoms with E-state index < -0.39 is 0 Å². The van der Waals surface area contributed by atoms with Crippen LogP contribution in [-0.4, -0.2) is 15.8 Å². The highest BCUT2D eigenvalue weighted by Crippen LogP contribution is 2.25. The molecule has 1 saturated carbocycles. The third kappa shape index (κ3) is 2.76. The van der Waals surface area contributed by atoms with Crippen LogP contribution < -0.4 is 5.32 Å². The Morgan fingerprint density at radius 1 is 1.39 bits per heavy atom. The van der Waals surface area contributed by atoms with Gasteiger partial charge in [0.05, 0.1) is 16.4 Å². The van der Waals surface area contributed by atoms with Gasteiger partial charge in [0.25, 0.3) is 0 Å². The van der Waals surface area contributed by atoms with Crippen LogP contribution in [0.1, 0.15) is 18.5 Å². The van der Waals surface area contributed by atoms with Gasteiger partial charge in [-0.05, 0) is 53.0 Å². The Morgan fingerprint density at radius 3 is 2.94 bits per heavy atom.